The molecule has 0 aliphatic carbocycles. The van der Waals surface area contributed by atoms with Gasteiger partial charge in [0.25, 0.3) is 0 Å². The molecule has 3 fully saturated rings. The van der Waals surface area contributed by atoms with E-state index in [1.807, 2.05) is 0 Å². The average molecular weight is 298 g/mol. The van der Waals surface area contributed by atoms with E-state index in [4.69, 9.17) is 14.6 Å². The highest BCUT2D eigenvalue weighted by molar-refractivity contribution is 5.65. The fraction of sp³-hybridized carbons (Fsp3) is 0.933. The van der Waals surface area contributed by atoms with Crippen LogP contribution in [0.2, 0.25) is 0 Å². The SMILES string of the molecule is O=C(O)N1CCC2(CC1)CN(CC1CCCOC1)CCO2. The van der Waals surface area contributed by atoms with Crippen LogP contribution in [0.1, 0.15) is 25.7 Å². The Morgan fingerprint density at radius 1 is 1.24 bits per heavy atom. The smallest absolute Gasteiger partial charge is 0.407 e. The highest BCUT2D eigenvalue weighted by atomic mass is 16.5. The number of piperidine rings is 1. The van der Waals surface area contributed by atoms with Crippen LogP contribution >= 0.6 is 0 Å². The topological polar surface area (TPSA) is 62.2 Å². The van der Waals surface area contributed by atoms with Crippen LogP contribution in [-0.4, -0.2) is 79.1 Å². The molecule has 0 aromatic heterocycles. The van der Waals surface area contributed by atoms with E-state index in [0.29, 0.717) is 19.0 Å². The van der Waals surface area contributed by atoms with Crippen molar-refractivity contribution < 1.29 is 19.4 Å². The van der Waals surface area contributed by atoms with E-state index < -0.39 is 6.09 Å². The maximum Gasteiger partial charge on any atom is 0.407 e. The molecule has 1 spiro atoms. The standard InChI is InChI=1S/C15H26N2O4/c18-14(19)17-5-3-15(4-6-17)12-16(7-9-21-15)10-13-2-1-8-20-11-13/h13H,1-12H2,(H,18,19). The molecule has 3 aliphatic rings. The second kappa shape index (κ2) is 6.50. The maximum absolute atomic E-state index is 11.0. The summed E-state index contributed by atoms with van der Waals surface area (Å²) < 4.78 is 11.6. The average Bonchev–Trinajstić information content (AvgIpc) is 2.49. The van der Waals surface area contributed by atoms with Gasteiger partial charge >= 0.3 is 6.09 Å². The highest BCUT2D eigenvalue weighted by Crippen LogP contribution is 2.31. The van der Waals surface area contributed by atoms with Crippen molar-refractivity contribution in [3.8, 4) is 0 Å². The van der Waals surface area contributed by atoms with Gasteiger partial charge in [-0.15, -0.1) is 0 Å². The summed E-state index contributed by atoms with van der Waals surface area (Å²) in [6.07, 6.45) is 3.26. The number of hydrogen-bond acceptors (Lipinski definition) is 4. The number of likely N-dealkylation sites (tertiary alicyclic amines) is 1. The van der Waals surface area contributed by atoms with Crippen LogP contribution in [0, 0.1) is 5.92 Å². The van der Waals surface area contributed by atoms with E-state index in [9.17, 15) is 4.79 Å². The summed E-state index contributed by atoms with van der Waals surface area (Å²) in [5, 5.41) is 9.05. The minimum Gasteiger partial charge on any atom is -0.465 e. The van der Waals surface area contributed by atoms with Crippen LogP contribution in [0.3, 0.4) is 0 Å². The predicted molar refractivity (Wildman–Crippen MR) is 77.5 cm³/mol. The van der Waals surface area contributed by atoms with Gasteiger partial charge in [-0.2, -0.15) is 0 Å². The fourth-order valence-electron chi connectivity index (χ4n) is 3.80. The third kappa shape index (κ3) is 3.67. The molecule has 1 unspecified atom stereocenters. The molecule has 6 nitrogen and oxygen atoms in total. The largest absolute Gasteiger partial charge is 0.465 e. The molecular formula is C15H26N2O4. The van der Waals surface area contributed by atoms with Crippen molar-refractivity contribution in [2.24, 2.45) is 5.92 Å². The number of morpholine rings is 1. The van der Waals surface area contributed by atoms with Crippen LogP contribution in [0.5, 0.6) is 0 Å². The lowest BCUT2D eigenvalue weighted by molar-refractivity contribution is -0.137. The zero-order valence-electron chi connectivity index (χ0n) is 12.6. The normalized spacial score (nSPS) is 30.5. The number of rotatable bonds is 2. The van der Waals surface area contributed by atoms with Crippen molar-refractivity contribution in [1.82, 2.24) is 9.80 Å². The molecule has 0 aromatic rings. The molecule has 0 bridgehead atoms. The molecule has 3 heterocycles. The summed E-state index contributed by atoms with van der Waals surface area (Å²) >= 11 is 0. The summed E-state index contributed by atoms with van der Waals surface area (Å²) in [6.45, 7) is 6.77. The van der Waals surface area contributed by atoms with Crippen LogP contribution in [0.15, 0.2) is 0 Å². The zero-order chi connectivity index (χ0) is 14.7. The van der Waals surface area contributed by atoms with Crippen molar-refractivity contribution in [2.45, 2.75) is 31.3 Å². The van der Waals surface area contributed by atoms with E-state index in [1.54, 1.807) is 0 Å². The molecule has 3 aliphatic heterocycles. The summed E-state index contributed by atoms with van der Waals surface area (Å²) in [6, 6.07) is 0. The Morgan fingerprint density at radius 3 is 2.71 bits per heavy atom. The van der Waals surface area contributed by atoms with Gasteiger partial charge in [-0.3, -0.25) is 4.90 Å². The minimum atomic E-state index is -0.808. The van der Waals surface area contributed by atoms with E-state index in [-0.39, 0.29) is 5.60 Å². The minimum absolute atomic E-state index is 0.125. The zero-order valence-corrected chi connectivity index (χ0v) is 12.6. The molecule has 3 rings (SSSR count). The lowest BCUT2D eigenvalue weighted by Gasteiger charge is -2.47. The van der Waals surface area contributed by atoms with Gasteiger partial charge in [-0.25, -0.2) is 4.79 Å². The Balaban J connectivity index is 1.52. The van der Waals surface area contributed by atoms with E-state index in [0.717, 1.165) is 52.3 Å². The molecule has 21 heavy (non-hydrogen) atoms. The summed E-state index contributed by atoms with van der Waals surface area (Å²) in [5.74, 6) is 0.646. The molecule has 6 heteroatoms. The number of amides is 1. The number of nitrogens with zero attached hydrogens (tertiary/aromatic N) is 2. The van der Waals surface area contributed by atoms with Gasteiger partial charge in [0.15, 0.2) is 0 Å². The van der Waals surface area contributed by atoms with Crippen LogP contribution in [0.4, 0.5) is 4.79 Å². The van der Waals surface area contributed by atoms with Crippen molar-refractivity contribution in [2.75, 3.05) is 52.5 Å². The molecule has 0 aromatic carbocycles. The second-order valence-electron chi connectivity index (χ2n) is 6.62. The van der Waals surface area contributed by atoms with Gasteiger partial charge < -0.3 is 19.5 Å². The Kier molecular flexibility index (Phi) is 4.66. The Hall–Kier alpha value is -0.850. The van der Waals surface area contributed by atoms with Crippen molar-refractivity contribution >= 4 is 6.09 Å². The van der Waals surface area contributed by atoms with Gasteiger partial charge in [0, 0.05) is 39.3 Å². The lowest BCUT2D eigenvalue weighted by atomic mass is 9.89. The fourth-order valence-corrected chi connectivity index (χ4v) is 3.80. The monoisotopic (exact) mass is 298 g/mol. The number of carbonyl (C=O) groups is 1. The molecule has 1 amide bonds. The van der Waals surface area contributed by atoms with Crippen molar-refractivity contribution in [1.29, 1.82) is 0 Å². The Morgan fingerprint density at radius 2 is 2.05 bits per heavy atom. The van der Waals surface area contributed by atoms with E-state index in [1.165, 1.54) is 17.7 Å². The molecular weight excluding hydrogens is 272 g/mol. The molecule has 1 atom stereocenters. The second-order valence-corrected chi connectivity index (χ2v) is 6.62. The summed E-state index contributed by atoms with van der Waals surface area (Å²) in [5.41, 5.74) is -0.125. The van der Waals surface area contributed by atoms with Crippen LogP contribution in [0.25, 0.3) is 0 Å². The van der Waals surface area contributed by atoms with E-state index >= 15 is 0 Å². The van der Waals surface area contributed by atoms with E-state index in [2.05, 4.69) is 4.90 Å². The Labute approximate surface area is 126 Å². The van der Waals surface area contributed by atoms with Crippen molar-refractivity contribution in [3.63, 3.8) is 0 Å². The van der Waals surface area contributed by atoms with Crippen LogP contribution < -0.4 is 0 Å². The number of ether oxygens (including phenoxy) is 2. The molecule has 0 radical (unpaired) electrons. The molecule has 1 N–H and O–H groups in total. The van der Waals surface area contributed by atoms with Gasteiger partial charge in [0.2, 0.25) is 0 Å². The number of hydrogen-bond donors (Lipinski definition) is 1. The van der Waals surface area contributed by atoms with Crippen molar-refractivity contribution in [3.05, 3.63) is 0 Å². The first kappa shape index (κ1) is 15.1. The lowest BCUT2D eigenvalue weighted by Crippen LogP contribution is -2.58. The first-order chi connectivity index (χ1) is 10.2. The molecule has 3 saturated heterocycles. The first-order valence-corrected chi connectivity index (χ1v) is 8.09. The van der Waals surface area contributed by atoms with Gasteiger partial charge in [0.1, 0.15) is 0 Å². The quantitative estimate of drug-likeness (QED) is 0.831. The van der Waals surface area contributed by atoms with Gasteiger partial charge in [0.05, 0.1) is 18.8 Å². The maximum atomic E-state index is 11.0. The predicted octanol–water partition coefficient (Wildman–Crippen LogP) is 1.26. The summed E-state index contributed by atoms with van der Waals surface area (Å²) in [7, 11) is 0. The third-order valence-electron chi connectivity index (χ3n) is 5.04. The molecule has 120 valence electrons. The summed E-state index contributed by atoms with van der Waals surface area (Å²) in [4.78, 5) is 15.0. The van der Waals surface area contributed by atoms with Crippen LogP contribution in [-0.2, 0) is 9.47 Å². The van der Waals surface area contributed by atoms with Gasteiger partial charge in [-0.05, 0) is 31.6 Å². The highest BCUT2D eigenvalue weighted by Gasteiger charge is 2.40. The molecule has 0 saturated carbocycles. The Bertz CT molecular complexity index is 363. The number of carboxylic acid groups (broad SMARTS) is 1. The van der Waals surface area contributed by atoms with Gasteiger partial charge in [-0.1, -0.05) is 0 Å². The first-order valence-electron chi connectivity index (χ1n) is 8.09. The third-order valence-corrected chi connectivity index (χ3v) is 5.04.